The molecule has 5 nitrogen and oxygen atoms in total. The maximum atomic E-state index is 12.5. The second-order valence-corrected chi connectivity index (χ2v) is 8.38. The van der Waals surface area contributed by atoms with Gasteiger partial charge in [-0.25, -0.2) is 9.97 Å². The molecule has 0 atom stereocenters. The van der Waals surface area contributed by atoms with Crippen LogP contribution in [0, 0.1) is 25.2 Å². The quantitative estimate of drug-likeness (QED) is 0.590. The molecule has 1 aromatic carbocycles. The maximum absolute atomic E-state index is 12.5. The number of aromatic nitrogens is 2. The molecule has 1 saturated carbocycles. The van der Waals surface area contributed by atoms with Crippen molar-refractivity contribution in [2.45, 2.75) is 56.4 Å². The number of carbonyl (C=O) groups is 1. The van der Waals surface area contributed by atoms with Gasteiger partial charge in [0, 0.05) is 12.0 Å². The van der Waals surface area contributed by atoms with Gasteiger partial charge in [0.1, 0.15) is 22.5 Å². The van der Waals surface area contributed by atoms with Crippen molar-refractivity contribution in [3.63, 3.8) is 0 Å². The molecule has 1 aliphatic carbocycles. The molecule has 1 fully saturated rings. The van der Waals surface area contributed by atoms with Gasteiger partial charge in [-0.15, -0.1) is 0 Å². The number of rotatable bonds is 6. The fourth-order valence-corrected chi connectivity index (χ4v) is 4.86. The average Bonchev–Trinajstić information content (AvgIpc) is 2.72. The first-order chi connectivity index (χ1) is 13.5. The van der Waals surface area contributed by atoms with E-state index in [-0.39, 0.29) is 17.1 Å². The van der Waals surface area contributed by atoms with E-state index in [1.54, 1.807) is 13.8 Å². The van der Waals surface area contributed by atoms with Crippen LogP contribution in [0.3, 0.4) is 0 Å². The third-order valence-corrected chi connectivity index (χ3v) is 6.42. The van der Waals surface area contributed by atoms with Crippen molar-refractivity contribution >= 4 is 17.7 Å². The molecule has 2 aromatic rings. The Morgan fingerprint density at radius 2 is 1.89 bits per heavy atom. The molecule has 1 aromatic heterocycles. The smallest absolute Gasteiger partial charge is 0.230 e. The van der Waals surface area contributed by atoms with Crippen molar-refractivity contribution in [1.29, 1.82) is 5.26 Å². The molecular weight excluding hydrogens is 368 g/mol. The van der Waals surface area contributed by atoms with Crippen molar-refractivity contribution in [3.05, 3.63) is 53.0 Å². The first-order valence-electron chi connectivity index (χ1n) is 9.74. The SMILES string of the molecule is Cc1nc(C)c(C#N)c(SCC(=O)NCC2(c3ccccc3)CCCCC2)n1. The zero-order valence-electron chi connectivity index (χ0n) is 16.5. The van der Waals surface area contributed by atoms with Crippen LogP contribution in [-0.2, 0) is 10.2 Å². The summed E-state index contributed by atoms with van der Waals surface area (Å²) in [4.78, 5) is 21.1. The standard InChI is InChI=1S/C22H26N4OS/c1-16-19(13-23)21(26-17(2)25-16)28-14-20(27)24-15-22(11-7-4-8-12-22)18-9-5-3-6-10-18/h3,5-6,9-10H,4,7-8,11-12,14-15H2,1-2H3,(H,24,27). The third-order valence-electron chi connectivity index (χ3n) is 5.44. The van der Waals surface area contributed by atoms with Crippen LogP contribution in [-0.4, -0.2) is 28.2 Å². The Hall–Kier alpha value is -2.39. The van der Waals surface area contributed by atoms with Crippen LogP contribution in [0.4, 0.5) is 0 Å². The molecule has 1 N–H and O–H groups in total. The zero-order valence-corrected chi connectivity index (χ0v) is 17.3. The Kier molecular flexibility index (Phi) is 6.69. The van der Waals surface area contributed by atoms with Crippen LogP contribution < -0.4 is 5.32 Å². The molecule has 28 heavy (non-hydrogen) atoms. The van der Waals surface area contributed by atoms with Crippen molar-refractivity contribution < 1.29 is 4.79 Å². The Balaban J connectivity index is 1.64. The van der Waals surface area contributed by atoms with Crippen molar-refractivity contribution in [3.8, 4) is 6.07 Å². The van der Waals surface area contributed by atoms with E-state index in [0.717, 1.165) is 12.8 Å². The van der Waals surface area contributed by atoms with Crippen LogP contribution in [0.1, 0.15) is 54.7 Å². The van der Waals surface area contributed by atoms with Gasteiger partial charge < -0.3 is 5.32 Å². The van der Waals surface area contributed by atoms with E-state index in [0.29, 0.717) is 28.7 Å². The molecule has 0 saturated heterocycles. The maximum Gasteiger partial charge on any atom is 0.230 e. The predicted octanol–water partition coefficient (Wildman–Crippen LogP) is 4.08. The molecular formula is C22H26N4OS. The molecule has 1 heterocycles. The number of aryl methyl sites for hydroxylation is 2. The first-order valence-corrected chi connectivity index (χ1v) is 10.7. The largest absolute Gasteiger partial charge is 0.354 e. The molecule has 1 amide bonds. The highest BCUT2D eigenvalue weighted by atomic mass is 32.2. The van der Waals surface area contributed by atoms with Crippen LogP contribution >= 0.6 is 11.8 Å². The lowest BCUT2D eigenvalue weighted by Gasteiger charge is -2.38. The third kappa shape index (κ3) is 4.71. The summed E-state index contributed by atoms with van der Waals surface area (Å²) in [5.41, 5.74) is 2.45. The lowest BCUT2D eigenvalue weighted by atomic mass is 9.69. The highest BCUT2D eigenvalue weighted by Crippen LogP contribution is 2.39. The zero-order chi connectivity index (χ0) is 20.0. The topological polar surface area (TPSA) is 78.7 Å². The summed E-state index contributed by atoms with van der Waals surface area (Å²) in [7, 11) is 0. The van der Waals surface area contributed by atoms with Crippen LogP contribution in [0.2, 0.25) is 0 Å². The highest BCUT2D eigenvalue weighted by molar-refractivity contribution is 8.00. The minimum absolute atomic E-state index is 0.0244. The number of hydrogen-bond acceptors (Lipinski definition) is 5. The van der Waals surface area contributed by atoms with Crippen molar-refractivity contribution in [2.24, 2.45) is 0 Å². The van der Waals surface area contributed by atoms with E-state index >= 15 is 0 Å². The summed E-state index contributed by atoms with van der Waals surface area (Å²) in [5.74, 6) is 0.837. The van der Waals surface area contributed by atoms with Gasteiger partial charge in [0.25, 0.3) is 0 Å². The lowest BCUT2D eigenvalue weighted by molar-refractivity contribution is -0.118. The van der Waals surface area contributed by atoms with Gasteiger partial charge in [-0.1, -0.05) is 61.4 Å². The van der Waals surface area contributed by atoms with Gasteiger partial charge in [0.15, 0.2) is 0 Å². The van der Waals surface area contributed by atoms with Crippen LogP contribution in [0.5, 0.6) is 0 Å². The molecule has 6 heteroatoms. The second kappa shape index (κ2) is 9.20. The second-order valence-electron chi connectivity index (χ2n) is 7.42. The summed E-state index contributed by atoms with van der Waals surface area (Å²) in [6, 6.07) is 12.7. The summed E-state index contributed by atoms with van der Waals surface area (Å²) in [6.45, 7) is 4.25. The van der Waals surface area contributed by atoms with Crippen molar-refractivity contribution in [2.75, 3.05) is 12.3 Å². The number of hydrogen-bond donors (Lipinski definition) is 1. The number of nitrogens with one attached hydrogen (secondary N) is 1. The molecule has 0 bridgehead atoms. The van der Waals surface area contributed by atoms with Gasteiger partial charge in [-0.3, -0.25) is 4.79 Å². The molecule has 3 rings (SSSR count). The van der Waals surface area contributed by atoms with E-state index in [1.165, 1.54) is 36.6 Å². The van der Waals surface area contributed by atoms with E-state index in [2.05, 4.69) is 45.6 Å². The number of nitriles is 1. The molecule has 0 radical (unpaired) electrons. The van der Waals surface area contributed by atoms with Crippen molar-refractivity contribution in [1.82, 2.24) is 15.3 Å². The monoisotopic (exact) mass is 394 g/mol. The summed E-state index contributed by atoms with van der Waals surface area (Å²) >= 11 is 1.30. The average molecular weight is 395 g/mol. The number of thioether (sulfide) groups is 1. The molecule has 0 spiro atoms. The van der Waals surface area contributed by atoms with E-state index in [1.807, 2.05) is 6.07 Å². The lowest BCUT2D eigenvalue weighted by Crippen LogP contribution is -2.42. The number of nitrogens with zero attached hydrogens (tertiary/aromatic N) is 3. The van der Waals surface area contributed by atoms with E-state index in [4.69, 9.17) is 0 Å². The van der Waals surface area contributed by atoms with Gasteiger partial charge >= 0.3 is 0 Å². The summed E-state index contributed by atoms with van der Waals surface area (Å²) in [6.07, 6.45) is 5.87. The fraction of sp³-hybridized carbons (Fsp3) is 0.455. The minimum atomic E-state index is -0.0244. The first kappa shape index (κ1) is 20.3. The number of benzene rings is 1. The Labute approximate surface area is 171 Å². The molecule has 1 aliphatic rings. The van der Waals surface area contributed by atoms with E-state index in [9.17, 15) is 10.1 Å². The van der Waals surface area contributed by atoms with Crippen LogP contribution in [0.15, 0.2) is 35.4 Å². The van der Waals surface area contributed by atoms with Gasteiger partial charge in [0.2, 0.25) is 5.91 Å². The van der Waals surface area contributed by atoms with Gasteiger partial charge in [0.05, 0.1) is 11.4 Å². The minimum Gasteiger partial charge on any atom is -0.354 e. The Morgan fingerprint density at radius 1 is 1.18 bits per heavy atom. The highest BCUT2D eigenvalue weighted by Gasteiger charge is 2.34. The predicted molar refractivity (Wildman–Crippen MR) is 111 cm³/mol. The fourth-order valence-electron chi connectivity index (χ4n) is 3.95. The molecule has 146 valence electrons. The van der Waals surface area contributed by atoms with Crippen LogP contribution in [0.25, 0.3) is 0 Å². The molecule has 0 aliphatic heterocycles. The summed E-state index contributed by atoms with van der Waals surface area (Å²) in [5, 5.41) is 13.1. The summed E-state index contributed by atoms with van der Waals surface area (Å²) < 4.78 is 0. The number of carbonyl (C=O) groups excluding carboxylic acids is 1. The van der Waals surface area contributed by atoms with Gasteiger partial charge in [-0.05, 0) is 32.3 Å². The molecule has 0 unspecified atom stereocenters. The van der Waals surface area contributed by atoms with Gasteiger partial charge in [-0.2, -0.15) is 5.26 Å². The Bertz CT molecular complexity index is 870. The van der Waals surface area contributed by atoms with E-state index < -0.39 is 0 Å². The Morgan fingerprint density at radius 3 is 2.57 bits per heavy atom. The normalized spacial score (nSPS) is 15.6. The number of amides is 1.